The van der Waals surface area contributed by atoms with E-state index in [0.717, 1.165) is 11.1 Å². The predicted octanol–water partition coefficient (Wildman–Crippen LogP) is 4.18. The van der Waals surface area contributed by atoms with Gasteiger partial charge in [0.2, 0.25) is 0 Å². The molecule has 1 aromatic heterocycles. The molecule has 0 radical (unpaired) electrons. The van der Waals surface area contributed by atoms with E-state index in [2.05, 4.69) is 4.98 Å². The van der Waals surface area contributed by atoms with E-state index >= 15 is 0 Å². The van der Waals surface area contributed by atoms with E-state index in [-0.39, 0.29) is 29.6 Å². The maximum absolute atomic E-state index is 12.8. The number of nitrogens with zero attached hydrogens (tertiary/aromatic N) is 1. The standard InChI is InChI=1S/C22H25NO5/c1-15(2)5-7-17-19(28-14-26-3)13-20(27-4)21(22(17)25)18(24)8-6-16-9-11-23-12-10-16/h5-6,8-13,25H,7,14H2,1-4H3. The van der Waals surface area contributed by atoms with Crippen molar-refractivity contribution >= 4 is 11.9 Å². The number of carbonyl (C=O) groups excluding carboxylic acids is 1. The van der Waals surface area contributed by atoms with Gasteiger partial charge in [-0.05, 0) is 44.0 Å². The summed E-state index contributed by atoms with van der Waals surface area (Å²) >= 11 is 0. The molecule has 0 saturated carbocycles. The third kappa shape index (κ3) is 5.44. The first kappa shape index (κ1) is 21.2. The van der Waals surface area contributed by atoms with Crippen molar-refractivity contribution in [3.05, 3.63) is 65.0 Å². The van der Waals surface area contributed by atoms with Crippen molar-refractivity contribution in [3.63, 3.8) is 0 Å². The summed E-state index contributed by atoms with van der Waals surface area (Å²) in [6, 6.07) is 5.16. The van der Waals surface area contributed by atoms with Gasteiger partial charge in [-0.2, -0.15) is 0 Å². The van der Waals surface area contributed by atoms with E-state index in [4.69, 9.17) is 14.2 Å². The number of phenolic OH excluding ortho intramolecular Hbond substituents is 1. The van der Waals surface area contributed by atoms with Crippen LogP contribution in [0.4, 0.5) is 0 Å². The van der Waals surface area contributed by atoms with E-state index in [1.54, 1.807) is 36.7 Å². The van der Waals surface area contributed by atoms with Crippen LogP contribution in [0.15, 0.2) is 48.3 Å². The third-order valence-corrected chi connectivity index (χ3v) is 3.97. The number of methoxy groups -OCH3 is 2. The summed E-state index contributed by atoms with van der Waals surface area (Å²) in [5.41, 5.74) is 2.50. The van der Waals surface area contributed by atoms with Gasteiger partial charge >= 0.3 is 0 Å². The van der Waals surface area contributed by atoms with Crippen LogP contribution < -0.4 is 9.47 Å². The number of hydrogen-bond donors (Lipinski definition) is 1. The summed E-state index contributed by atoms with van der Waals surface area (Å²) in [5, 5.41) is 10.9. The van der Waals surface area contributed by atoms with E-state index in [1.165, 1.54) is 20.3 Å². The Hall–Kier alpha value is -3.12. The van der Waals surface area contributed by atoms with Crippen molar-refractivity contribution in [1.82, 2.24) is 4.98 Å². The van der Waals surface area contributed by atoms with Gasteiger partial charge in [0.05, 0.1) is 7.11 Å². The fourth-order valence-electron chi connectivity index (χ4n) is 2.55. The van der Waals surface area contributed by atoms with Crippen molar-refractivity contribution in [2.75, 3.05) is 21.0 Å². The smallest absolute Gasteiger partial charge is 0.193 e. The highest BCUT2D eigenvalue weighted by Crippen LogP contribution is 2.39. The molecule has 28 heavy (non-hydrogen) atoms. The number of hydrogen-bond acceptors (Lipinski definition) is 6. The quantitative estimate of drug-likeness (QED) is 0.303. The number of rotatable bonds is 9. The molecule has 2 rings (SSSR count). The maximum atomic E-state index is 12.8. The highest BCUT2D eigenvalue weighted by molar-refractivity contribution is 6.11. The topological polar surface area (TPSA) is 77.9 Å². The number of aromatic hydroxyl groups is 1. The minimum atomic E-state index is -0.372. The zero-order chi connectivity index (χ0) is 20.5. The average molecular weight is 383 g/mol. The van der Waals surface area contributed by atoms with Crippen LogP contribution in [-0.4, -0.2) is 36.9 Å². The van der Waals surface area contributed by atoms with E-state index in [0.29, 0.717) is 17.7 Å². The Morgan fingerprint density at radius 1 is 1.18 bits per heavy atom. The molecule has 0 aliphatic carbocycles. The molecule has 0 atom stereocenters. The maximum Gasteiger partial charge on any atom is 0.193 e. The minimum Gasteiger partial charge on any atom is -0.507 e. The minimum absolute atomic E-state index is 0.0135. The van der Waals surface area contributed by atoms with Gasteiger partial charge in [-0.15, -0.1) is 0 Å². The summed E-state index contributed by atoms with van der Waals surface area (Å²) in [7, 11) is 2.95. The Bertz CT molecular complexity index is 868. The van der Waals surface area contributed by atoms with E-state index in [1.807, 2.05) is 19.9 Å². The number of ketones is 1. The van der Waals surface area contributed by atoms with Gasteiger partial charge in [0.25, 0.3) is 0 Å². The van der Waals surface area contributed by atoms with Crippen molar-refractivity contribution in [1.29, 1.82) is 0 Å². The fraction of sp³-hybridized carbons (Fsp3) is 0.273. The lowest BCUT2D eigenvalue weighted by atomic mass is 9.99. The molecule has 6 heteroatoms. The second kappa shape index (κ2) is 10.3. The van der Waals surface area contributed by atoms with Gasteiger partial charge in [-0.1, -0.05) is 17.7 Å². The van der Waals surface area contributed by atoms with Crippen LogP contribution >= 0.6 is 0 Å². The van der Waals surface area contributed by atoms with Gasteiger partial charge in [0.15, 0.2) is 12.6 Å². The van der Waals surface area contributed by atoms with Crippen LogP contribution in [0.3, 0.4) is 0 Å². The number of carbonyl (C=O) groups is 1. The van der Waals surface area contributed by atoms with Crippen molar-refractivity contribution in [2.24, 2.45) is 0 Å². The molecule has 0 fully saturated rings. The van der Waals surface area contributed by atoms with Gasteiger partial charge in [0.1, 0.15) is 22.8 Å². The summed E-state index contributed by atoms with van der Waals surface area (Å²) in [4.78, 5) is 16.8. The lowest BCUT2D eigenvalue weighted by molar-refractivity contribution is 0.0502. The Morgan fingerprint density at radius 3 is 2.50 bits per heavy atom. The first-order valence-corrected chi connectivity index (χ1v) is 8.78. The molecule has 1 heterocycles. The molecule has 0 amide bonds. The summed E-state index contributed by atoms with van der Waals surface area (Å²) < 4.78 is 15.9. The van der Waals surface area contributed by atoms with Gasteiger partial charge in [0, 0.05) is 31.1 Å². The zero-order valence-electron chi connectivity index (χ0n) is 16.6. The monoisotopic (exact) mass is 383 g/mol. The van der Waals surface area contributed by atoms with Gasteiger partial charge < -0.3 is 19.3 Å². The molecule has 0 unspecified atom stereocenters. The van der Waals surface area contributed by atoms with Crippen LogP contribution in [-0.2, 0) is 11.2 Å². The third-order valence-electron chi connectivity index (χ3n) is 3.97. The molecule has 6 nitrogen and oxygen atoms in total. The number of phenols is 1. The number of aromatic nitrogens is 1. The van der Waals surface area contributed by atoms with E-state index in [9.17, 15) is 9.90 Å². The second-order valence-electron chi connectivity index (χ2n) is 6.29. The zero-order valence-corrected chi connectivity index (χ0v) is 16.6. The van der Waals surface area contributed by atoms with Gasteiger partial charge in [-0.25, -0.2) is 0 Å². The number of ether oxygens (including phenoxy) is 3. The lowest BCUT2D eigenvalue weighted by Crippen LogP contribution is -2.07. The first-order valence-electron chi connectivity index (χ1n) is 8.78. The SMILES string of the molecule is COCOc1cc(OC)c(C(=O)C=Cc2ccncc2)c(O)c1CC=C(C)C. The predicted molar refractivity (Wildman–Crippen MR) is 108 cm³/mol. The van der Waals surface area contributed by atoms with Crippen LogP contribution in [0.1, 0.15) is 35.3 Å². The Kier molecular flexibility index (Phi) is 7.77. The molecule has 1 N–H and O–H groups in total. The summed E-state index contributed by atoms with van der Waals surface area (Å²) in [6.07, 6.45) is 8.69. The number of pyridine rings is 1. The van der Waals surface area contributed by atoms with Crippen LogP contribution in [0, 0.1) is 0 Å². The van der Waals surface area contributed by atoms with Crippen LogP contribution in [0.5, 0.6) is 17.2 Å². The van der Waals surface area contributed by atoms with Gasteiger partial charge in [-0.3, -0.25) is 9.78 Å². The molecule has 0 aliphatic heterocycles. The number of allylic oxidation sites excluding steroid dienone is 3. The molecule has 0 aliphatic rings. The Balaban J connectivity index is 2.49. The molecule has 0 spiro atoms. The van der Waals surface area contributed by atoms with Crippen molar-refractivity contribution < 1.29 is 24.1 Å². The highest BCUT2D eigenvalue weighted by atomic mass is 16.7. The summed E-state index contributed by atoms with van der Waals surface area (Å²) in [5.74, 6) is 0.104. The fourth-order valence-corrected chi connectivity index (χ4v) is 2.55. The highest BCUT2D eigenvalue weighted by Gasteiger charge is 2.23. The lowest BCUT2D eigenvalue weighted by Gasteiger charge is -2.17. The number of benzene rings is 1. The molecule has 0 saturated heterocycles. The first-order chi connectivity index (χ1) is 13.5. The largest absolute Gasteiger partial charge is 0.507 e. The Labute approximate surface area is 165 Å². The molecular weight excluding hydrogens is 358 g/mol. The molecule has 1 aromatic carbocycles. The van der Waals surface area contributed by atoms with Crippen LogP contribution in [0.25, 0.3) is 6.08 Å². The van der Waals surface area contributed by atoms with E-state index < -0.39 is 0 Å². The molecule has 148 valence electrons. The molecular formula is C22H25NO5. The molecule has 2 aromatic rings. The summed E-state index contributed by atoms with van der Waals surface area (Å²) in [6.45, 7) is 3.93. The van der Waals surface area contributed by atoms with Crippen LogP contribution in [0.2, 0.25) is 0 Å². The van der Waals surface area contributed by atoms with Crippen molar-refractivity contribution in [2.45, 2.75) is 20.3 Å². The van der Waals surface area contributed by atoms with Crippen molar-refractivity contribution in [3.8, 4) is 17.2 Å². The second-order valence-corrected chi connectivity index (χ2v) is 6.29. The Morgan fingerprint density at radius 2 is 1.89 bits per heavy atom. The normalized spacial score (nSPS) is 10.7. The average Bonchev–Trinajstić information content (AvgIpc) is 2.69. The molecule has 0 bridgehead atoms.